The van der Waals surface area contributed by atoms with Gasteiger partial charge < -0.3 is 9.05 Å². The van der Waals surface area contributed by atoms with Crippen LogP contribution < -0.4 is 4.52 Å². The number of benzene rings is 2. The van der Waals surface area contributed by atoms with Gasteiger partial charge in [0.2, 0.25) is 0 Å². The first-order valence-corrected chi connectivity index (χ1v) is 15.2. The molecule has 1 heterocycles. The molecule has 0 amide bonds. The van der Waals surface area contributed by atoms with E-state index in [9.17, 15) is 22.5 Å². The second kappa shape index (κ2) is 10.9. The second-order valence-electron chi connectivity index (χ2n) is 8.65. The molecule has 2 aromatic carbocycles. The van der Waals surface area contributed by atoms with Gasteiger partial charge in [0.15, 0.2) is 5.78 Å². The van der Waals surface area contributed by atoms with E-state index >= 15 is 0 Å². The number of Topliss-reactive ketones (excluding diaryl/α,β-unsaturated/α-hetero) is 1. The summed E-state index contributed by atoms with van der Waals surface area (Å²) in [6, 6.07) is 10.4. The van der Waals surface area contributed by atoms with Gasteiger partial charge in [0.1, 0.15) is 11.5 Å². The van der Waals surface area contributed by atoms with Gasteiger partial charge in [-0.15, -0.1) is 0 Å². The topological polar surface area (TPSA) is 65.5 Å². The van der Waals surface area contributed by atoms with Crippen molar-refractivity contribution in [2.24, 2.45) is 0 Å². The van der Waals surface area contributed by atoms with E-state index in [1.807, 2.05) is 32.9 Å². The molecule has 0 bridgehead atoms. The number of hydrogen-bond acceptors (Lipinski definition) is 6. The van der Waals surface area contributed by atoms with Crippen molar-refractivity contribution in [3.63, 3.8) is 0 Å². The largest absolute Gasteiger partial charge is 0.492 e. The fourth-order valence-corrected chi connectivity index (χ4v) is 7.40. The van der Waals surface area contributed by atoms with Crippen LogP contribution in [0.25, 0.3) is 17.0 Å². The number of halogens is 3. The van der Waals surface area contributed by atoms with E-state index < -0.39 is 18.5 Å². The highest BCUT2D eigenvalue weighted by Gasteiger charge is 2.34. The normalized spacial score (nSPS) is 15.2. The van der Waals surface area contributed by atoms with Crippen LogP contribution in [0.1, 0.15) is 66.4 Å². The number of pyridine rings is 1. The zero-order valence-corrected chi connectivity index (χ0v) is 22.4. The molecule has 1 aliphatic rings. The molecule has 0 saturated heterocycles. The lowest BCUT2D eigenvalue weighted by molar-refractivity contribution is -0.137. The summed E-state index contributed by atoms with van der Waals surface area (Å²) in [5.41, 5.74) is 1.75. The van der Waals surface area contributed by atoms with Crippen molar-refractivity contribution < 1.29 is 31.6 Å². The Morgan fingerprint density at radius 1 is 1.03 bits per heavy atom. The van der Waals surface area contributed by atoms with E-state index in [1.165, 1.54) is 18.2 Å². The van der Waals surface area contributed by atoms with Crippen molar-refractivity contribution in [3.8, 4) is 5.75 Å². The molecular weight excluding hydrogens is 522 g/mol. The van der Waals surface area contributed by atoms with Crippen molar-refractivity contribution >= 4 is 40.9 Å². The maximum Gasteiger partial charge on any atom is 0.492 e. The molecule has 0 fully saturated rings. The van der Waals surface area contributed by atoms with Crippen LogP contribution in [0.4, 0.5) is 13.2 Å². The fraction of sp³-hybridized carbons (Fsp3) is 0.333. The second-order valence-corrected chi connectivity index (χ2v) is 12.7. The number of ketones is 1. The Kier molecular flexibility index (Phi) is 8.05. The summed E-state index contributed by atoms with van der Waals surface area (Å²) in [4.78, 5) is 17.2. The third-order valence-corrected chi connectivity index (χ3v) is 9.64. The quantitative estimate of drug-likeness (QED) is 0.249. The number of fused-ring (bicyclic) bond motifs is 2. The molecule has 4 rings (SSSR count). The Hall–Kier alpha value is -2.77. The zero-order chi connectivity index (χ0) is 26.8. The Morgan fingerprint density at radius 3 is 2.49 bits per heavy atom. The Morgan fingerprint density at radius 2 is 1.81 bits per heavy atom. The SMILES string of the molecule is CCCSP(=O)(OC1=Cc2nc3cc(C(F)(F)F)ccc3cc2C(=O)C1)Oc1ccc(CC)cc1CC. The van der Waals surface area contributed by atoms with Gasteiger partial charge in [-0.05, 0) is 66.0 Å². The predicted octanol–water partition coefficient (Wildman–Crippen LogP) is 8.65. The van der Waals surface area contributed by atoms with Crippen molar-refractivity contribution in [3.05, 3.63) is 76.2 Å². The summed E-state index contributed by atoms with van der Waals surface area (Å²) in [6.45, 7) is 2.18. The van der Waals surface area contributed by atoms with Crippen molar-refractivity contribution in [2.45, 2.75) is 52.6 Å². The molecule has 1 aromatic heterocycles. The lowest BCUT2D eigenvalue weighted by atomic mass is 9.97. The van der Waals surface area contributed by atoms with E-state index in [0.717, 1.165) is 47.5 Å². The van der Waals surface area contributed by atoms with Crippen LogP contribution in [-0.2, 0) is 28.1 Å². The average Bonchev–Trinajstić information content (AvgIpc) is 2.86. The maximum absolute atomic E-state index is 13.8. The average molecular weight is 550 g/mol. The number of nitrogens with zero attached hydrogens (tertiary/aromatic N) is 1. The minimum Gasteiger partial charge on any atom is -0.412 e. The monoisotopic (exact) mass is 549 g/mol. The van der Waals surface area contributed by atoms with Gasteiger partial charge in [-0.1, -0.05) is 39.0 Å². The number of alkyl halides is 3. The van der Waals surface area contributed by atoms with Gasteiger partial charge in [-0.2, -0.15) is 13.2 Å². The number of aryl methyl sites for hydroxylation is 2. The summed E-state index contributed by atoms with van der Waals surface area (Å²) in [6.07, 6.45) is -0.957. The fourth-order valence-electron chi connectivity index (χ4n) is 3.96. The molecule has 37 heavy (non-hydrogen) atoms. The van der Waals surface area contributed by atoms with Crippen LogP contribution in [-0.4, -0.2) is 16.5 Å². The molecule has 1 atom stereocenters. The van der Waals surface area contributed by atoms with Crippen LogP contribution >= 0.6 is 18.2 Å². The Balaban J connectivity index is 1.69. The van der Waals surface area contributed by atoms with Gasteiger partial charge in [0, 0.05) is 22.8 Å². The molecule has 5 nitrogen and oxygen atoms in total. The number of carbonyl (C=O) groups excluding carboxylic acids is 1. The van der Waals surface area contributed by atoms with E-state index in [0.29, 0.717) is 23.3 Å². The Bertz CT molecular complexity index is 1420. The highest BCUT2D eigenvalue weighted by molar-refractivity contribution is 8.55. The van der Waals surface area contributed by atoms with Gasteiger partial charge >= 0.3 is 13.0 Å². The molecule has 3 aromatic rings. The summed E-state index contributed by atoms with van der Waals surface area (Å²) in [5.74, 6) is 0.743. The standard InChI is InChI=1S/C27H27F3NO4PS/c1-4-11-37-36(33,35-26-10-7-17(5-2)12-18(26)6-3)34-21-15-24-22(25(32)16-21)13-19-8-9-20(27(28,29)30)14-23(19)31-24/h7-10,12-15H,4-6,11,16H2,1-3H3. The lowest BCUT2D eigenvalue weighted by Crippen LogP contribution is -2.12. The molecule has 0 radical (unpaired) electrons. The summed E-state index contributed by atoms with van der Waals surface area (Å²) in [5, 5.41) is 0.424. The van der Waals surface area contributed by atoms with E-state index in [2.05, 4.69) is 4.98 Å². The third-order valence-electron chi connectivity index (χ3n) is 5.91. The van der Waals surface area contributed by atoms with Crippen LogP contribution in [0.5, 0.6) is 5.75 Å². The van der Waals surface area contributed by atoms with E-state index in [-0.39, 0.29) is 34.7 Å². The molecule has 10 heteroatoms. The first-order chi connectivity index (χ1) is 17.5. The zero-order valence-electron chi connectivity index (χ0n) is 20.7. The third kappa shape index (κ3) is 6.21. The van der Waals surface area contributed by atoms with Crippen LogP contribution in [0, 0.1) is 0 Å². The number of hydrogen-bond donors (Lipinski definition) is 0. The Labute approximate surface area is 217 Å². The molecule has 0 saturated carbocycles. The van der Waals surface area contributed by atoms with Crippen LogP contribution in [0.3, 0.4) is 0 Å². The number of allylic oxidation sites excluding steroid dienone is 1. The van der Waals surface area contributed by atoms with Crippen molar-refractivity contribution in [1.29, 1.82) is 0 Å². The van der Waals surface area contributed by atoms with E-state index in [4.69, 9.17) is 9.05 Å². The maximum atomic E-state index is 13.8. The lowest BCUT2D eigenvalue weighted by Gasteiger charge is -2.23. The minimum atomic E-state index is -4.52. The van der Waals surface area contributed by atoms with Gasteiger partial charge in [-0.3, -0.25) is 4.79 Å². The number of carbonyl (C=O) groups is 1. The van der Waals surface area contributed by atoms with Gasteiger partial charge in [0.05, 0.1) is 23.2 Å². The van der Waals surface area contributed by atoms with Crippen molar-refractivity contribution in [2.75, 3.05) is 5.75 Å². The molecule has 0 N–H and O–H groups in total. The molecule has 0 aliphatic heterocycles. The minimum absolute atomic E-state index is 0.0993. The van der Waals surface area contributed by atoms with E-state index in [1.54, 1.807) is 6.07 Å². The smallest absolute Gasteiger partial charge is 0.412 e. The van der Waals surface area contributed by atoms with Gasteiger partial charge in [-0.25, -0.2) is 9.55 Å². The molecule has 0 spiro atoms. The van der Waals surface area contributed by atoms with Gasteiger partial charge in [0.25, 0.3) is 0 Å². The number of rotatable bonds is 9. The van der Waals surface area contributed by atoms with Crippen molar-refractivity contribution in [1.82, 2.24) is 4.98 Å². The summed E-state index contributed by atoms with van der Waals surface area (Å²) in [7, 11) is 0. The first-order valence-electron chi connectivity index (χ1n) is 12.1. The van der Waals surface area contributed by atoms with Crippen LogP contribution in [0.15, 0.2) is 48.2 Å². The number of aromatic nitrogens is 1. The first kappa shape index (κ1) is 27.3. The molecular formula is C27H27F3NO4PS. The predicted molar refractivity (Wildman–Crippen MR) is 141 cm³/mol. The summed E-state index contributed by atoms with van der Waals surface area (Å²) < 4.78 is 65.2. The summed E-state index contributed by atoms with van der Waals surface area (Å²) >= 11 is 1.04. The molecule has 1 unspecified atom stereocenters. The molecule has 1 aliphatic carbocycles. The van der Waals surface area contributed by atoms with Crippen LogP contribution in [0.2, 0.25) is 0 Å². The highest BCUT2D eigenvalue weighted by atomic mass is 32.7. The molecule has 196 valence electrons. The highest BCUT2D eigenvalue weighted by Crippen LogP contribution is 2.62.